The molecule has 0 aliphatic rings. The molecule has 0 aliphatic carbocycles. The molecule has 4 heterocycles. The van der Waals surface area contributed by atoms with Crippen LogP contribution in [0.1, 0.15) is 0 Å². The molecule has 0 atom stereocenters. The summed E-state index contributed by atoms with van der Waals surface area (Å²) in [4.78, 5) is 0. The Balaban J connectivity index is 1.64. The molecule has 10 aromatic rings. The Morgan fingerprint density at radius 2 is 1.15 bits per heavy atom. The zero-order chi connectivity index (χ0) is 25.2. The van der Waals surface area contributed by atoms with Gasteiger partial charge in [-0.15, -0.1) is 0 Å². The minimum atomic E-state index is 0.336. The Kier molecular flexibility index (Phi) is 3.88. The molecule has 3 heteroatoms. The van der Waals surface area contributed by atoms with Gasteiger partial charge in [0.2, 0.25) is 0 Å². The van der Waals surface area contributed by atoms with E-state index in [4.69, 9.17) is 0 Å². The summed E-state index contributed by atoms with van der Waals surface area (Å²) in [5.41, 5.74) is 3.89. The van der Waals surface area contributed by atoms with Crippen molar-refractivity contribution >= 4 is 114 Å². The van der Waals surface area contributed by atoms with Crippen LogP contribution < -0.4 is 0 Å². The molecule has 0 spiro atoms. The summed E-state index contributed by atoms with van der Waals surface area (Å²) < 4.78 is 8.28. The second-order valence-corrected chi connectivity index (χ2v) is 13.8. The summed E-state index contributed by atoms with van der Waals surface area (Å²) in [6.45, 7) is 0. The van der Waals surface area contributed by atoms with Gasteiger partial charge in [-0.1, -0.05) is 0 Å². The monoisotopic (exact) mass is 577 g/mol. The van der Waals surface area contributed by atoms with Gasteiger partial charge in [0.1, 0.15) is 0 Å². The third-order valence-corrected chi connectivity index (χ3v) is 12.0. The van der Waals surface area contributed by atoms with E-state index in [0.717, 1.165) is 0 Å². The number of thiophene rings is 1. The van der Waals surface area contributed by atoms with Gasteiger partial charge in [-0.3, -0.25) is 0 Å². The van der Waals surface area contributed by atoms with Crippen LogP contribution in [0.5, 0.6) is 0 Å². The molecule has 6 aromatic carbocycles. The first-order valence-electron chi connectivity index (χ1n) is 13.3. The van der Waals surface area contributed by atoms with Crippen LogP contribution in [0.4, 0.5) is 0 Å². The van der Waals surface area contributed by atoms with Crippen molar-refractivity contribution in [3.8, 4) is 0 Å². The number of nitrogens with zero attached hydrogens (tertiary/aromatic N) is 1. The molecular formula is C36H19NSSe. The standard InChI is InChI=1S/C36H19NSSe/c1-2-9-21-20(8-1)22-10-3-5-13-28(22)37-29-18-27-23-11-4-6-15-32(23)39-33(27)19-26(29)25-16-17-31-35(36(25)37)34-24(21)12-7-14-30(34)38-31/h1-19H. The van der Waals surface area contributed by atoms with E-state index in [0.29, 0.717) is 14.5 Å². The molecule has 0 amide bonds. The molecule has 10 rings (SSSR count). The zero-order valence-corrected chi connectivity index (χ0v) is 23.3. The number of benzene rings is 6. The summed E-state index contributed by atoms with van der Waals surface area (Å²) >= 11 is 2.25. The number of rotatable bonds is 0. The first kappa shape index (κ1) is 20.8. The predicted octanol–water partition coefficient (Wildman–Crippen LogP) is 10.3. The first-order valence-corrected chi connectivity index (χ1v) is 15.8. The molecule has 0 radical (unpaired) electrons. The van der Waals surface area contributed by atoms with Crippen molar-refractivity contribution in [3.05, 3.63) is 115 Å². The fourth-order valence-corrected chi connectivity index (χ4v) is 10.4. The Labute approximate surface area is 232 Å². The van der Waals surface area contributed by atoms with Crippen LogP contribution in [0.15, 0.2) is 115 Å². The molecule has 0 saturated heterocycles. The molecule has 0 N–H and O–H groups in total. The second kappa shape index (κ2) is 7.28. The van der Waals surface area contributed by atoms with Crippen LogP contribution in [0.3, 0.4) is 0 Å². The Hall–Kier alpha value is -4.14. The van der Waals surface area contributed by atoms with Gasteiger partial charge in [0.05, 0.1) is 0 Å². The fourth-order valence-electron chi connectivity index (χ4n) is 6.95. The van der Waals surface area contributed by atoms with Crippen LogP contribution >= 0.6 is 11.3 Å². The van der Waals surface area contributed by atoms with Gasteiger partial charge in [-0.2, -0.15) is 0 Å². The van der Waals surface area contributed by atoms with Gasteiger partial charge in [0.15, 0.2) is 0 Å². The molecule has 4 aromatic heterocycles. The number of fused-ring (bicyclic) bond motifs is 11. The average molecular weight is 577 g/mol. The Morgan fingerprint density at radius 1 is 0.436 bits per heavy atom. The van der Waals surface area contributed by atoms with E-state index in [1.807, 2.05) is 11.3 Å². The predicted molar refractivity (Wildman–Crippen MR) is 172 cm³/mol. The molecule has 0 bridgehead atoms. The molecule has 0 saturated carbocycles. The Bertz CT molecular complexity index is 2670. The van der Waals surface area contributed by atoms with Crippen molar-refractivity contribution in [2.75, 3.05) is 0 Å². The maximum absolute atomic E-state index is 2.58. The van der Waals surface area contributed by atoms with Crippen LogP contribution in [-0.4, -0.2) is 18.9 Å². The van der Waals surface area contributed by atoms with Gasteiger partial charge in [0, 0.05) is 0 Å². The summed E-state index contributed by atoms with van der Waals surface area (Å²) in [6.07, 6.45) is 0. The van der Waals surface area contributed by atoms with Gasteiger partial charge in [0.25, 0.3) is 0 Å². The van der Waals surface area contributed by atoms with Gasteiger partial charge in [-0.25, -0.2) is 0 Å². The molecule has 0 fully saturated rings. The third-order valence-electron chi connectivity index (χ3n) is 8.54. The van der Waals surface area contributed by atoms with Gasteiger partial charge in [-0.05, 0) is 0 Å². The average Bonchev–Trinajstić information content (AvgIpc) is 3.65. The number of para-hydroxylation sites is 1. The molecule has 39 heavy (non-hydrogen) atoms. The SMILES string of the molecule is c1ccc2c(c1)[se]c1cc3c4ccc5sc6cccc7c8ccccc8c8ccccc8n(c3cc12)c4c5c67. The van der Waals surface area contributed by atoms with Crippen molar-refractivity contribution in [3.63, 3.8) is 0 Å². The summed E-state index contributed by atoms with van der Waals surface area (Å²) in [5.74, 6) is 0. The van der Waals surface area contributed by atoms with Crippen LogP contribution in [-0.2, 0) is 0 Å². The van der Waals surface area contributed by atoms with Gasteiger partial charge >= 0.3 is 234 Å². The topological polar surface area (TPSA) is 4.41 Å². The van der Waals surface area contributed by atoms with Gasteiger partial charge < -0.3 is 0 Å². The normalized spacial score (nSPS) is 12.6. The van der Waals surface area contributed by atoms with E-state index in [9.17, 15) is 0 Å². The first-order chi connectivity index (χ1) is 19.3. The number of hydrogen-bond donors (Lipinski definition) is 0. The van der Waals surface area contributed by atoms with E-state index >= 15 is 0 Å². The Morgan fingerprint density at radius 3 is 2.05 bits per heavy atom. The molecule has 0 aliphatic heterocycles. The van der Waals surface area contributed by atoms with Crippen LogP contribution in [0.25, 0.3) is 88.3 Å². The van der Waals surface area contributed by atoms with E-state index < -0.39 is 0 Å². The summed E-state index contributed by atoms with van der Waals surface area (Å²) in [6, 6.07) is 43.5. The van der Waals surface area contributed by atoms with Crippen molar-refractivity contribution in [1.82, 2.24) is 4.40 Å². The number of aromatic nitrogens is 1. The minimum absolute atomic E-state index is 0.336. The van der Waals surface area contributed by atoms with Crippen LogP contribution in [0, 0.1) is 0 Å². The second-order valence-electron chi connectivity index (χ2n) is 10.5. The quantitative estimate of drug-likeness (QED) is 0.158. The van der Waals surface area contributed by atoms with Crippen molar-refractivity contribution < 1.29 is 0 Å². The molecule has 0 unspecified atom stereocenters. The third kappa shape index (κ3) is 2.56. The molecule has 180 valence electrons. The summed E-state index contributed by atoms with van der Waals surface area (Å²) in [5, 5.41) is 13.5. The maximum atomic E-state index is 2.58. The molecule has 1 nitrogen and oxygen atoms in total. The van der Waals surface area contributed by atoms with E-state index in [-0.39, 0.29) is 0 Å². The fraction of sp³-hybridized carbons (Fsp3) is 0. The van der Waals surface area contributed by atoms with Crippen LogP contribution in [0.2, 0.25) is 0 Å². The van der Waals surface area contributed by atoms with E-state index in [1.54, 1.807) is 0 Å². The van der Waals surface area contributed by atoms with Crippen molar-refractivity contribution in [2.24, 2.45) is 0 Å². The number of hydrogen-bond acceptors (Lipinski definition) is 1. The molecular weight excluding hydrogens is 557 g/mol. The van der Waals surface area contributed by atoms with Crippen molar-refractivity contribution in [1.29, 1.82) is 0 Å². The summed E-state index contributed by atoms with van der Waals surface area (Å²) in [7, 11) is 0. The zero-order valence-electron chi connectivity index (χ0n) is 20.7. The van der Waals surface area contributed by atoms with E-state index in [2.05, 4.69) is 120 Å². The van der Waals surface area contributed by atoms with E-state index in [1.165, 1.54) is 88.3 Å². The van der Waals surface area contributed by atoms with Crippen molar-refractivity contribution in [2.45, 2.75) is 0 Å².